The molecular formula is C24H32N4O. The summed E-state index contributed by atoms with van der Waals surface area (Å²) < 4.78 is 0. The minimum Gasteiger partial charge on any atom is -0.356 e. The number of amides is 1. The lowest BCUT2D eigenvalue weighted by Gasteiger charge is -2.16. The highest BCUT2D eigenvalue weighted by Gasteiger charge is 2.22. The second-order valence-corrected chi connectivity index (χ2v) is 7.79. The van der Waals surface area contributed by atoms with Crippen molar-refractivity contribution in [3.05, 3.63) is 70.3 Å². The summed E-state index contributed by atoms with van der Waals surface area (Å²) >= 11 is 0. The van der Waals surface area contributed by atoms with Crippen LogP contribution in [0.1, 0.15) is 40.7 Å². The lowest BCUT2D eigenvalue weighted by molar-refractivity contribution is -0.131. The summed E-state index contributed by atoms with van der Waals surface area (Å²) in [7, 11) is 1.78. The molecule has 0 spiro atoms. The average Bonchev–Trinajstić information content (AvgIpc) is 3.13. The van der Waals surface area contributed by atoms with Gasteiger partial charge < -0.3 is 15.5 Å². The summed E-state index contributed by atoms with van der Waals surface area (Å²) in [4.78, 5) is 18.7. The van der Waals surface area contributed by atoms with Gasteiger partial charge in [-0.15, -0.1) is 0 Å². The van der Waals surface area contributed by atoms with Crippen LogP contribution in [0.25, 0.3) is 0 Å². The Morgan fingerprint density at radius 1 is 1.00 bits per heavy atom. The Morgan fingerprint density at radius 3 is 2.24 bits per heavy atom. The normalized spacial score (nSPS) is 13.3. The number of aliphatic imine (C=N–C) groups is 1. The summed E-state index contributed by atoms with van der Waals surface area (Å²) in [5.74, 6) is 1.01. The molecule has 5 nitrogen and oxygen atoms in total. The molecule has 0 atom stereocenters. The molecule has 0 aliphatic carbocycles. The number of fused-ring (bicyclic) bond motifs is 1. The van der Waals surface area contributed by atoms with Crippen LogP contribution in [0.15, 0.2) is 47.5 Å². The molecule has 29 heavy (non-hydrogen) atoms. The molecule has 1 amide bonds. The van der Waals surface area contributed by atoms with Crippen molar-refractivity contribution < 1.29 is 4.79 Å². The van der Waals surface area contributed by atoms with E-state index < -0.39 is 0 Å². The highest BCUT2D eigenvalue weighted by Crippen LogP contribution is 2.22. The van der Waals surface area contributed by atoms with Gasteiger partial charge in [0.25, 0.3) is 0 Å². The zero-order valence-corrected chi connectivity index (χ0v) is 17.8. The van der Waals surface area contributed by atoms with Crippen molar-refractivity contribution in [1.29, 1.82) is 0 Å². The molecule has 0 bridgehead atoms. The highest BCUT2D eigenvalue weighted by molar-refractivity contribution is 5.80. The smallest absolute Gasteiger partial charge is 0.223 e. The van der Waals surface area contributed by atoms with E-state index >= 15 is 0 Å². The standard InChI is InChI=1S/C24H32N4O/c1-18-13-19(2)15-20(14-18)10-12-27-24(25-3)26-11-6-9-23(29)28-16-21-7-4-5-8-22(21)17-28/h4-5,7-8,13-15H,6,9-12,16-17H2,1-3H3,(H2,25,26,27). The first-order chi connectivity index (χ1) is 14.0. The van der Waals surface area contributed by atoms with Crippen LogP contribution in [-0.4, -0.2) is 36.9 Å². The Hall–Kier alpha value is -2.82. The average molecular weight is 393 g/mol. The first kappa shape index (κ1) is 20.9. The largest absolute Gasteiger partial charge is 0.356 e. The van der Waals surface area contributed by atoms with E-state index in [1.807, 2.05) is 17.0 Å². The molecule has 5 heteroatoms. The van der Waals surface area contributed by atoms with E-state index in [9.17, 15) is 4.79 Å². The van der Waals surface area contributed by atoms with Crippen molar-refractivity contribution in [2.45, 2.75) is 46.2 Å². The van der Waals surface area contributed by atoms with Crippen LogP contribution in [0, 0.1) is 13.8 Å². The monoisotopic (exact) mass is 392 g/mol. The molecule has 2 aromatic rings. The fourth-order valence-electron chi connectivity index (χ4n) is 3.87. The van der Waals surface area contributed by atoms with Crippen molar-refractivity contribution in [3.63, 3.8) is 0 Å². The third-order valence-electron chi connectivity index (χ3n) is 5.26. The van der Waals surface area contributed by atoms with Crippen molar-refractivity contribution in [2.24, 2.45) is 4.99 Å². The quantitative estimate of drug-likeness (QED) is 0.432. The number of aryl methyl sites for hydroxylation is 2. The van der Waals surface area contributed by atoms with E-state index in [1.54, 1.807) is 7.05 Å². The Labute approximate surface area is 174 Å². The number of nitrogens with zero attached hydrogens (tertiary/aromatic N) is 2. The zero-order valence-electron chi connectivity index (χ0n) is 17.8. The van der Waals surface area contributed by atoms with Crippen molar-refractivity contribution in [1.82, 2.24) is 15.5 Å². The van der Waals surface area contributed by atoms with Crippen LogP contribution >= 0.6 is 0 Å². The number of benzene rings is 2. The molecule has 1 aliphatic heterocycles. The third-order valence-corrected chi connectivity index (χ3v) is 5.26. The van der Waals surface area contributed by atoms with Crippen LogP contribution in [0.5, 0.6) is 0 Å². The number of hydrogen-bond acceptors (Lipinski definition) is 2. The molecular weight excluding hydrogens is 360 g/mol. The predicted molar refractivity (Wildman–Crippen MR) is 119 cm³/mol. The molecule has 2 aromatic carbocycles. The molecule has 0 aromatic heterocycles. The maximum Gasteiger partial charge on any atom is 0.223 e. The van der Waals surface area contributed by atoms with Gasteiger partial charge in [0.15, 0.2) is 5.96 Å². The maximum atomic E-state index is 12.5. The summed E-state index contributed by atoms with van der Waals surface area (Å²) in [6.07, 6.45) is 2.31. The summed E-state index contributed by atoms with van der Waals surface area (Å²) in [6, 6.07) is 14.9. The molecule has 3 rings (SSSR count). The molecule has 0 unspecified atom stereocenters. The SMILES string of the molecule is CN=C(NCCCC(=O)N1Cc2ccccc2C1)NCCc1cc(C)cc(C)c1. The second kappa shape index (κ2) is 10.1. The Bertz CT molecular complexity index is 830. The van der Waals surface area contributed by atoms with E-state index in [0.717, 1.165) is 45.0 Å². The van der Waals surface area contributed by atoms with Crippen LogP contribution in [-0.2, 0) is 24.3 Å². The molecule has 0 fully saturated rings. The fourth-order valence-corrected chi connectivity index (χ4v) is 3.87. The molecule has 1 aliphatic rings. The number of carbonyl (C=O) groups excluding carboxylic acids is 1. The van der Waals surface area contributed by atoms with Gasteiger partial charge >= 0.3 is 0 Å². The molecule has 0 radical (unpaired) electrons. The van der Waals surface area contributed by atoms with Crippen molar-refractivity contribution in [3.8, 4) is 0 Å². The van der Waals surface area contributed by atoms with Crippen molar-refractivity contribution >= 4 is 11.9 Å². The van der Waals surface area contributed by atoms with Gasteiger partial charge in [-0.3, -0.25) is 9.79 Å². The number of rotatable bonds is 7. The van der Waals surface area contributed by atoms with Crippen molar-refractivity contribution in [2.75, 3.05) is 20.1 Å². The second-order valence-electron chi connectivity index (χ2n) is 7.79. The maximum absolute atomic E-state index is 12.5. The van der Waals surface area contributed by atoms with E-state index in [4.69, 9.17) is 0 Å². The minimum atomic E-state index is 0.223. The van der Waals surface area contributed by atoms with Gasteiger partial charge in [0.2, 0.25) is 5.91 Å². The Balaban J connectivity index is 1.33. The van der Waals surface area contributed by atoms with Crippen LogP contribution in [0.4, 0.5) is 0 Å². The van der Waals surface area contributed by atoms with Gasteiger partial charge in [0.05, 0.1) is 0 Å². The molecule has 1 heterocycles. The van der Waals surface area contributed by atoms with E-state index in [-0.39, 0.29) is 5.91 Å². The van der Waals surface area contributed by atoms with Crippen LogP contribution in [0.3, 0.4) is 0 Å². The molecule has 2 N–H and O–H groups in total. The fraction of sp³-hybridized carbons (Fsp3) is 0.417. The molecule has 154 valence electrons. The topological polar surface area (TPSA) is 56.7 Å². The highest BCUT2D eigenvalue weighted by atomic mass is 16.2. The number of nitrogens with one attached hydrogen (secondary N) is 2. The van der Waals surface area contributed by atoms with E-state index in [2.05, 4.69) is 59.8 Å². The van der Waals surface area contributed by atoms with Gasteiger partial charge in [0.1, 0.15) is 0 Å². The van der Waals surface area contributed by atoms with Gasteiger partial charge in [0, 0.05) is 39.6 Å². The van der Waals surface area contributed by atoms with Gasteiger partial charge in [-0.2, -0.15) is 0 Å². The molecule has 0 saturated heterocycles. The van der Waals surface area contributed by atoms with Gasteiger partial charge in [-0.25, -0.2) is 0 Å². The van der Waals surface area contributed by atoms with E-state index in [0.29, 0.717) is 6.42 Å². The molecule has 0 saturated carbocycles. The summed E-state index contributed by atoms with van der Waals surface area (Å²) in [6.45, 7) is 7.30. The Kier molecular flexibility index (Phi) is 7.28. The number of carbonyl (C=O) groups is 1. The summed E-state index contributed by atoms with van der Waals surface area (Å²) in [5.41, 5.74) is 6.48. The first-order valence-electron chi connectivity index (χ1n) is 10.4. The number of hydrogen-bond donors (Lipinski definition) is 2. The lowest BCUT2D eigenvalue weighted by atomic mass is 10.1. The Morgan fingerprint density at radius 2 is 1.62 bits per heavy atom. The predicted octanol–water partition coefficient (Wildman–Crippen LogP) is 3.33. The van der Waals surface area contributed by atoms with Gasteiger partial charge in [-0.05, 0) is 43.4 Å². The zero-order chi connectivity index (χ0) is 20.6. The van der Waals surface area contributed by atoms with Gasteiger partial charge in [-0.1, -0.05) is 53.6 Å². The van der Waals surface area contributed by atoms with Crippen LogP contribution < -0.4 is 10.6 Å². The third kappa shape index (κ3) is 6.08. The number of guanidine groups is 1. The minimum absolute atomic E-state index is 0.223. The summed E-state index contributed by atoms with van der Waals surface area (Å²) in [5, 5.41) is 6.67. The lowest BCUT2D eigenvalue weighted by Crippen LogP contribution is -2.39. The van der Waals surface area contributed by atoms with Crippen LogP contribution in [0.2, 0.25) is 0 Å². The van der Waals surface area contributed by atoms with E-state index in [1.165, 1.54) is 27.8 Å². The first-order valence-corrected chi connectivity index (χ1v) is 10.4.